The highest BCUT2D eigenvalue weighted by Crippen LogP contribution is 2.32. The van der Waals surface area contributed by atoms with E-state index >= 15 is 0 Å². The van der Waals surface area contributed by atoms with Crippen LogP contribution >= 0.6 is 0 Å². The smallest absolute Gasteiger partial charge is 0.0695 e. The van der Waals surface area contributed by atoms with Crippen molar-refractivity contribution in [1.82, 2.24) is 9.80 Å². The first-order chi connectivity index (χ1) is 9.65. The van der Waals surface area contributed by atoms with Crippen molar-refractivity contribution in [1.29, 1.82) is 0 Å². The average molecular weight is 282 g/mol. The molecule has 3 heteroatoms. The first-order valence-corrected chi connectivity index (χ1v) is 8.78. The molecule has 3 nitrogen and oxygen atoms in total. The summed E-state index contributed by atoms with van der Waals surface area (Å²) >= 11 is 0. The van der Waals surface area contributed by atoms with Crippen molar-refractivity contribution in [2.45, 2.75) is 77.0 Å². The molecule has 1 aliphatic heterocycles. The second-order valence-electron chi connectivity index (χ2n) is 6.93. The molecule has 1 aliphatic carbocycles. The van der Waals surface area contributed by atoms with E-state index in [0.717, 1.165) is 12.3 Å². The van der Waals surface area contributed by atoms with Gasteiger partial charge in [0, 0.05) is 12.1 Å². The summed E-state index contributed by atoms with van der Waals surface area (Å²) in [7, 11) is 2.26. The third-order valence-electron chi connectivity index (χ3n) is 5.69. The Balaban J connectivity index is 1.88. The van der Waals surface area contributed by atoms with E-state index < -0.39 is 0 Å². The number of hydrogen-bond acceptors (Lipinski definition) is 3. The monoisotopic (exact) mass is 282 g/mol. The molecule has 3 atom stereocenters. The standard InChI is InChI=1S/C17H34N2O/c1-4-6-14-7-8-17(20)16(13-14)18(3)15-9-11-19(5-2)12-10-15/h14-17,20H,4-13H2,1-3H3. The minimum atomic E-state index is -0.0997. The predicted octanol–water partition coefficient (Wildman–Crippen LogP) is 2.73. The van der Waals surface area contributed by atoms with Crippen LogP contribution in [0.1, 0.15) is 58.8 Å². The fraction of sp³-hybridized carbons (Fsp3) is 1.00. The van der Waals surface area contributed by atoms with Gasteiger partial charge in [-0.15, -0.1) is 0 Å². The third-order valence-corrected chi connectivity index (χ3v) is 5.69. The summed E-state index contributed by atoms with van der Waals surface area (Å²) in [6.45, 7) is 8.18. The van der Waals surface area contributed by atoms with Crippen LogP contribution in [-0.4, -0.2) is 59.8 Å². The number of piperidine rings is 1. The lowest BCUT2D eigenvalue weighted by atomic mass is 9.80. The van der Waals surface area contributed by atoms with E-state index in [0.29, 0.717) is 12.1 Å². The number of aliphatic hydroxyl groups excluding tert-OH is 1. The molecule has 0 aromatic carbocycles. The van der Waals surface area contributed by atoms with Crippen LogP contribution in [-0.2, 0) is 0 Å². The molecule has 1 saturated heterocycles. The van der Waals surface area contributed by atoms with E-state index in [1.807, 2.05) is 0 Å². The molecule has 0 radical (unpaired) electrons. The highest BCUT2D eigenvalue weighted by Gasteiger charge is 2.35. The van der Waals surface area contributed by atoms with Crippen LogP contribution in [0.2, 0.25) is 0 Å². The van der Waals surface area contributed by atoms with E-state index in [2.05, 4.69) is 30.7 Å². The van der Waals surface area contributed by atoms with Crippen LogP contribution in [0.25, 0.3) is 0 Å². The summed E-state index contributed by atoms with van der Waals surface area (Å²) < 4.78 is 0. The molecular weight excluding hydrogens is 248 g/mol. The normalized spacial score (nSPS) is 33.8. The van der Waals surface area contributed by atoms with E-state index in [1.165, 1.54) is 58.2 Å². The van der Waals surface area contributed by atoms with Gasteiger partial charge in [-0.2, -0.15) is 0 Å². The Hall–Kier alpha value is -0.120. The van der Waals surface area contributed by atoms with Crippen molar-refractivity contribution < 1.29 is 5.11 Å². The molecule has 0 aromatic rings. The maximum Gasteiger partial charge on any atom is 0.0695 e. The molecular formula is C17H34N2O. The van der Waals surface area contributed by atoms with Crippen LogP contribution in [0.4, 0.5) is 0 Å². The molecule has 1 N–H and O–H groups in total. The van der Waals surface area contributed by atoms with Crippen molar-refractivity contribution in [2.75, 3.05) is 26.7 Å². The highest BCUT2D eigenvalue weighted by molar-refractivity contribution is 4.90. The summed E-state index contributed by atoms with van der Waals surface area (Å²) in [6, 6.07) is 1.08. The van der Waals surface area contributed by atoms with Gasteiger partial charge in [0.05, 0.1) is 6.10 Å². The zero-order valence-electron chi connectivity index (χ0n) is 13.7. The van der Waals surface area contributed by atoms with Crippen LogP contribution in [0, 0.1) is 5.92 Å². The molecule has 0 bridgehead atoms. The maximum atomic E-state index is 10.4. The van der Waals surface area contributed by atoms with Crippen LogP contribution in [0.5, 0.6) is 0 Å². The van der Waals surface area contributed by atoms with Crippen LogP contribution in [0.3, 0.4) is 0 Å². The van der Waals surface area contributed by atoms with Crippen molar-refractivity contribution >= 4 is 0 Å². The van der Waals surface area contributed by atoms with E-state index in [1.54, 1.807) is 0 Å². The first kappa shape index (κ1) is 16.3. The average Bonchev–Trinajstić information content (AvgIpc) is 2.49. The van der Waals surface area contributed by atoms with Crippen molar-refractivity contribution in [3.05, 3.63) is 0 Å². The second-order valence-corrected chi connectivity index (χ2v) is 6.93. The molecule has 3 unspecified atom stereocenters. The molecule has 20 heavy (non-hydrogen) atoms. The SMILES string of the molecule is CCCC1CCC(O)C(N(C)C2CCN(CC)CC2)C1. The van der Waals surface area contributed by atoms with Crippen molar-refractivity contribution in [2.24, 2.45) is 5.92 Å². The Bertz CT molecular complexity index is 276. The van der Waals surface area contributed by atoms with E-state index in [9.17, 15) is 5.11 Å². The summed E-state index contributed by atoms with van der Waals surface area (Å²) in [6.07, 6.45) is 8.51. The minimum absolute atomic E-state index is 0.0997. The Morgan fingerprint density at radius 1 is 1.10 bits per heavy atom. The molecule has 0 amide bonds. The molecule has 118 valence electrons. The van der Waals surface area contributed by atoms with Gasteiger partial charge in [-0.3, -0.25) is 4.90 Å². The fourth-order valence-electron chi connectivity index (χ4n) is 4.24. The lowest BCUT2D eigenvalue weighted by molar-refractivity contribution is -0.0166. The van der Waals surface area contributed by atoms with Gasteiger partial charge in [0.1, 0.15) is 0 Å². The molecule has 0 spiro atoms. The number of likely N-dealkylation sites (N-methyl/N-ethyl adjacent to an activating group) is 1. The Morgan fingerprint density at radius 3 is 2.40 bits per heavy atom. The Morgan fingerprint density at radius 2 is 1.80 bits per heavy atom. The van der Waals surface area contributed by atoms with Gasteiger partial charge in [0.2, 0.25) is 0 Å². The van der Waals surface area contributed by atoms with Gasteiger partial charge in [-0.25, -0.2) is 0 Å². The van der Waals surface area contributed by atoms with E-state index in [4.69, 9.17) is 0 Å². The molecule has 2 rings (SSSR count). The lowest BCUT2D eigenvalue weighted by Gasteiger charge is -2.45. The number of likely N-dealkylation sites (tertiary alicyclic amines) is 1. The zero-order valence-corrected chi connectivity index (χ0v) is 13.7. The topological polar surface area (TPSA) is 26.7 Å². The van der Waals surface area contributed by atoms with Crippen LogP contribution < -0.4 is 0 Å². The highest BCUT2D eigenvalue weighted by atomic mass is 16.3. The molecule has 2 fully saturated rings. The predicted molar refractivity (Wildman–Crippen MR) is 84.9 cm³/mol. The molecule has 1 heterocycles. The fourth-order valence-corrected chi connectivity index (χ4v) is 4.24. The maximum absolute atomic E-state index is 10.4. The summed E-state index contributed by atoms with van der Waals surface area (Å²) in [5, 5.41) is 10.4. The van der Waals surface area contributed by atoms with Gasteiger partial charge in [0.15, 0.2) is 0 Å². The van der Waals surface area contributed by atoms with Gasteiger partial charge < -0.3 is 10.0 Å². The first-order valence-electron chi connectivity index (χ1n) is 8.78. The summed E-state index contributed by atoms with van der Waals surface area (Å²) in [4.78, 5) is 5.07. The van der Waals surface area contributed by atoms with Crippen LogP contribution in [0.15, 0.2) is 0 Å². The molecule has 1 saturated carbocycles. The number of rotatable bonds is 5. The lowest BCUT2D eigenvalue weighted by Crippen LogP contribution is -2.52. The van der Waals surface area contributed by atoms with Crippen molar-refractivity contribution in [3.63, 3.8) is 0 Å². The second kappa shape index (κ2) is 7.77. The van der Waals surface area contributed by atoms with Gasteiger partial charge in [-0.1, -0.05) is 26.7 Å². The molecule has 2 aliphatic rings. The van der Waals surface area contributed by atoms with E-state index in [-0.39, 0.29) is 6.10 Å². The quantitative estimate of drug-likeness (QED) is 0.840. The Labute approximate surface area is 125 Å². The zero-order chi connectivity index (χ0) is 14.5. The van der Waals surface area contributed by atoms with Crippen molar-refractivity contribution in [3.8, 4) is 0 Å². The van der Waals surface area contributed by atoms with Gasteiger partial charge in [-0.05, 0) is 64.7 Å². The Kier molecular flexibility index (Phi) is 6.31. The minimum Gasteiger partial charge on any atom is -0.391 e. The largest absolute Gasteiger partial charge is 0.391 e. The molecule has 0 aromatic heterocycles. The third kappa shape index (κ3) is 3.96. The van der Waals surface area contributed by atoms with Gasteiger partial charge in [0.25, 0.3) is 0 Å². The van der Waals surface area contributed by atoms with Gasteiger partial charge >= 0.3 is 0 Å². The number of nitrogens with zero attached hydrogens (tertiary/aromatic N) is 2. The number of aliphatic hydroxyl groups is 1. The summed E-state index contributed by atoms with van der Waals surface area (Å²) in [5.74, 6) is 0.839. The summed E-state index contributed by atoms with van der Waals surface area (Å²) in [5.41, 5.74) is 0. The number of hydrogen-bond donors (Lipinski definition) is 1.